The normalized spacial score (nSPS) is 13.4. The third-order valence-electron chi connectivity index (χ3n) is 2.19. The van der Waals surface area contributed by atoms with Gasteiger partial charge in [-0.3, -0.25) is 4.79 Å². The van der Waals surface area contributed by atoms with E-state index in [-0.39, 0.29) is 10.6 Å². The largest absolute Gasteiger partial charge is 0.481 e. The van der Waals surface area contributed by atoms with E-state index in [9.17, 15) is 13.2 Å². The van der Waals surface area contributed by atoms with Crippen molar-refractivity contribution in [2.75, 3.05) is 0 Å². The third-order valence-corrected chi connectivity index (χ3v) is 5.83. The van der Waals surface area contributed by atoms with E-state index in [0.29, 0.717) is 16.6 Å². The molecular formula is C10H14BrNO4S2. The van der Waals surface area contributed by atoms with Crippen LogP contribution >= 0.6 is 27.3 Å². The van der Waals surface area contributed by atoms with Crippen molar-refractivity contribution in [2.45, 2.75) is 36.4 Å². The van der Waals surface area contributed by atoms with E-state index in [1.165, 1.54) is 6.07 Å². The van der Waals surface area contributed by atoms with Gasteiger partial charge in [0.05, 0.1) is 10.2 Å². The number of carboxylic acid groups (broad SMARTS) is 1. The zero-order valence-corrected chi connectivity index (χ0v) is 12.9. The molecule has 0 aliphatic carbocycles. The Morgan fingerprint density at radius 2 is 2.22 bits per heavy atom. The van der Waals surface area contributed by atoms with Crippen LogP contribution in [0.1, 0.15) is 26.2 Å². The summed E-state index contributed by atoms with van der Waals surface area (Å²) in [5.74, 6) is -1.01. The molecule has 0 aromatic carbocycles. The summed E-state index contributed by atoms with van der Waals surface area (Å²) in [5, 5.41) is 8.74. The van der Waals surface area contributed by atoms with Gasteiger partial charge in [-0.2, -0.15) is 0 Å². The van der Waals surface area contributed by atoms with Gasteiger partial charge >= 0.3 is 5.97 Å². The molecule has 5 nitrogen and oxygen atoms in total. The van der Waals surface area contributed by atoms with Crippen molar-refractivity contribution in [2.24, 2.45) is 0 Å². The first-order chi connectivity index (χ1) is 8.35. The van der Waals surface area contributed by atoms with Crippen molar-refractivity contribution in [3.05, 3.63) is 15.9 Å². The summed E-state index contributed by atoms with van der Waals surface area (Å²) in [4.78, 5) is 10.7. The zero-order chi connectivity index (χ0) is 13.8. The number of sulfonamides is 1. The molecule has 102 valence electrons. The first-order valence-corrected chi connectivity index (χ1v) is 8.44. The third kappa shape index (κ3) is 4.68. The van der Waals surface area contributed by atoms with Gasteiger partial charge in [0, 0.05) is 6.04 Å². The smallest absolute Gasteiger partial charge is 0.304 e. The van der Waals surface area contributed by atoms with E-state index >= 15 is 0 Å². The first-order valence-electron chi connectivity index (χ1n) is 5.34. The van der Waals surface area contributed by atoms with Gasteiger partial charge in [0.2, 0.25) is 10.0 Å². The molecule has 0 radical (unpaired) electrons. The number of hydrogen-bond donors (Lipinski definition) is 2. The molecule has 1 aromatic heterocycles. The maximum Gasteiger partial charge on any atom is 0.304 e. The lowest BCUT2D eigenvalue weighted by Crippen LogP contribution is -2.36. The molecule has 0 amide bonds. The van der Waals surface area contributed by atoms with Gasteiger partial charge < -0.3 is 5.11 Å². The van der Waals surface area contributed by atoms with Gasteiger partial charge in [-0.15, -0.1) is 11.3 Å². The van der Waals surface area contributed by atoms with E-state index < -0.39 is 22.0 Å². The number of carbonyl (C=O) groups is 1. The van der Waals surface area contributed by atoms with Gasteiger partial charge in [0.25, 0.3) is 0 Å². The van der Waals surface area contributed by atoms with E-state index in [2.05, 4.69) is 20.7 Å². The number of thiophene rings is 1. The van der Waals surface area contributed by atoms with Crippen molar-refractivity contribution in [1.29, 1.82) is 0 Å². The lowest BCUT2D eigenvalue weighted by atomic mass is 10.1. The molecule has 2 N–H and O–H groups in total. The van der Waals surface area contributed by atoms with Crippen LogP contribution in [-0.2, 0) is 14.8 Å². The average molecular weight is 356 g/mol. The Labute approximate surface area is 118 Å². The summed E-state index contributed by atoms with van der Waals surface area (Å²) in [6.07, 6.45) is 1.01. The minimum atomic E-state index is -3.63. The second-order valence-corrected chi connectivity index (χ2v) is 8.17. The van der Waals surface area contributed by atoms with E-state index in [1.54, 1.807) is 6.07 Å². The lowest BCUT2D eigenvalue weighted by molar-refractivity contribution is -0.137. The molecule has 1 unspecified atom stereocenters. The van der Waals surface area contributed by atoms with Gasteiger partial charge in [-0.1, -0.05) is 13.3 Å². The van der Waals surface area contributed by atoms with Crippen LogP contribution < -0.4 is 4.72 Å². The fourth-order valence-electron chi connectivity index (χ4n) is 1.48. The number of rotatable bonds is 7. The summed E-state index contributed by atoms with van der Waals surface area (Å²) in [5.41, 5.74) is 0. The van der Waals surface area contributed by atoms with Crippen molar-refractivity contribution in [3.8, 4) is 0 Å². The van der Waals surface area contributed by atoms with Crippen molar-refractivity contribution >= 4 is 43.3 Å². The van der Waals surface area contributed by atoms with E-state index in [0.717, 1.165) is 11.3 Å². The Morgan fingerprint density at radius 3 is 2.67 bits per heavy atom. The maximum absolute atomic E-state index is 12.0. The molecule has 1 aromatic rings. The number of aliphatic carboxylic acids is 1. The Bertz CT molecular complexity index is 512. The topological polar surface area (TPSA) is 83.5 Å². The van der Waals surface area contributed by atoms with Gasteiger partial charge in [0.15, 0.2) is 0 Å². The molecule has 0 fully saturated rings. The minimum absolute atomic E-state index is 0.181. The molecule has 0 saturated carbocycles. The van der Waals surface area contributed by atoms with Crippen molar-refractivity contribution < 1.29 is 18.3 Å². The number of hydrogen-bond acceptors (Lipinski definition) is 4. The number of carboxylic acids is 1. The SMILES string of the molecule is CCCC(CC(=O)O)NS(=O)(=O)c1ccc(Br)s1. The maximum atomic E-state index is 12.0. The van der Waals surface area contributed by atoms with Gasteiger partial charge in [-0.25, -0.2) is 13.1 Å². The predicted molar refractivity (Wildman–Crippen MR) is 73.3 cm³/mol. The molecule has 1 atom stereocenters. The highest BCUT2D eigenvalue weighted by atomic mass is 79.9. The molecule has 0 bridgehead atoms. The molecule has 0 aliphatic rings. The Hall–Kier alpha value is -0.440. The Balaban J connectivity index is 2.82. The zero-order valence-electron chi connectivity index (χ0n) is 9.72. The summed E-state index contributed by atoms with van der Waals surface area (Å²) < 4.78 is 27.3. The van der Waals surface area contributed by atoms with Gasteiger partial charge in [-0.05, 0) is 34.5 Å². The average Bonchev–Trinajstić information content (AvgIpc) is 2.64. The molecule has 0 spiro atoms. The van der Waals surface area contributed by atoms with Crippen LogP contribution in [0.25, 0.3) is 0 Å². The van der Waals surface area contributed by atoms with Crippen LogP contribution in [0, 0.1) is 0 Å². The molecule has 18 heavy (non-hydrogen) atoms. The summed E-state index contributed by atoms with van der Waals surface area (Å²) >= 11 is 4.29. The van der Waals surface area contributed by atoms with Crippen LogP contribution in [0.2, 0.25) is 0 Å². The van der Waals surface area contributed by atoms with Gasteiger partial charge in [0.1, 0.15) is 4.21 Å². The quantitative estimate of drug-likeness (QED) is 0.786. The molecule has 1 rings (SSSR count). The number of nitrogens with one attached hydrogen (secondary N) is 1. The molecule has 1 heterocycles. The minimum Gasteiger partial charge on any atom is -0.481 e. The van der Waals surface area contributed by atoms with E-state index in [4.69, 9.17) is 5.11 Å². The fraction of sp³-hybridized carbons (Fsp3) is 0.500. The number of halogens is 1. The van der Waals surface area contributed by atoms with Crippen molar-refractivity contribution in [3.63, 3.8) is 0 Å². The van der Waals surface area contributed by atoms with Crippen molar-refractivity contribution in [1.82, 2.24) is 4.72 Å². The highest BCUT2D eigenvalue weighted by Gasteiger charge is 2.22. The first kappa shape index (κ1) is 15.6. The highest BCUT2D eigenvalue weighted by molar-refractivity contribution is 9.11. The monoisotopic (exact) mass is 355 g/mol. The van der Waals surface area contributed by atoms with Crippen LogP contribution in [0.3, 0.4) is 0 Å². The highest BCUT2D eigenvalue weighted by Crippen LogP contribution is 2.26. The Morgan fingerprint density at radius 1 is 1.56 bits per heavy atom. The standard InChI is InChI=1S/C10H14BrNO4S2/c1-2-3-7(6-9(13)14)12-18(15,16)10-5-4-8(11)17-10/h4-5,7,12H,2-3,6H2,1H3,(H,13,14). The van der Waals surface area contributed by atoms with E-state index in [1.807, 2.05) is 6.92 Å². The Kier molecular flexibility index (Phi) is 5.77. The lowest BCUT2D eigenvalue weighted by Gasteiger charge is -2.15. The van der Waals surface area contributed by atoms with Crippen LogP contribution in [0.15, 0.2) is 20.1 Å². The second-order valence-electron chi connectivity index (χ2n) is 3.76. The van der Waals surface area contributed by atoms with Crippen LogP contribution in [-0.4, -0.2) is 25.5 Å². The van der Waals surface area contributed by atoms with Crippen LogP contribution in [0.4, 0.5) is 0 Å². The molecule has 0 saturated heterocycles. The molecule has 8 heteroatoms. The van der Waals surface area contributed by atoms with Crippen LogP contribution in [0.5, 0.6) is 0 Å². The fourth-order valence-corrected chi connectivity index (χ4v) is 4.78. The summed E-state index contributed by atoms with van der Waals surface area (Å²) in [6, 6.07) is 2.56. The second kappa shape index (κ2) is 6.65. The predicted octanol–water partition coefficient (Wildman–Crippen LogP) is 2.43. The summed E-state index contributed by atoms with van der Waals surface area (Å²) in [6.45, 7) is 1.88. The molecule has 0 aliphatic heterocycles. The molecular weight excluding hydrogens is 342 g/mol. The summed E-state index contributed by atoms with van der Waals surface area (Å²) in [7, 11) is -3.63.